The van der Waals surface area contributed by atoms with Gasteiger partial charge in [-0.1, -0.05) is 15.9 Å². The summed E-state index contributed by atoms with van der Waals surface area (Å²) in [6, 6.07) is 5.41. The lowest BCUT2D eigenvalue weighted by Crippen LogP contribution is -2.38. The second kappa shape index (κ2) is 6.52. The molecular weight excluding hydrogens is 350 g/mol. The molecule has 0 unspecified atom stereocenters. The van der Waals surface area contributed by atoms with Gasteiger partial charge in [-0.05, 0) is 44.5 Å². The number of hydrogen-bond acceptors (Lipinski definition) is 3. The summed E-state index contributed by atoms with van der Waals surface area (Å²) in [5.74, 6) is -0.985. The quantitative estimate of drug-likeness (QED) is 0.871. The van der Waals surface area contributed by atoms with E-state index in [1.165, 1.54) is 4.90 Å². The van der Waals surface area contributed by atoms with Crippen LogP contribution in [0.2, 0.25) is 0 Å². The van der Waals surface area contributed by atoms with Crippen LogP contribution in [0.3, 0.4) is 0 Å². The van der Waals surface area contributed by atoms with Crippen LogP contribution >= 0.6 is 15.9 Å². The van der Waals surface area contributed by atoms with Gasteiger partial charge >= 0.3 is 5.97 Å². The van der Waals surface area contributed by atoms with E-state index in [-0.39, 0.29) is 30.7 Å². The molecule has 0 fully saturated rings. The molecule has 6 heteroatoms. The highest BCUT2D eigenvalue weighted by atomic mass is 79.9. The number of fused-ring (bicyclic) bond motifs is 1. The average molecular weight is 368 g/mol. The highest BCUT2D eigenvalue weighted by molar-refractivity contribution is 9.10. The molecule has 0 aliphatic heterocycles. The van der Waals surface area contributed by atoms with Crippen molar-refractivity contribution in [1.29, 1.82) is 0 Å². The lowest BCUT2D eigenvalue weighted by atomic mass is 10.2. The van der Waals surface area contributed by atoms with Crippen LogP contribution in [-0.2, 0) is 4.79 Å². The lowest BCUT2D eigenvalue weighted by molar-refractivity contribution is -0.137. The number of carbonyl (C=O) groups excluding carboxylic acids is 1. The van der Waals surface area contributed by atoms with Crippen molar-refractivity contribution in [2.45, 2.75) is 33.2 Å². The summed E-state index contributed by atoms with van der Waals surface area (Å²) in [5, 5.41) is 9.66. The molecule has 0 aliphatic carbocycles. The summed E-state index contributed by atoms with van der Waals surface area (Å²) in [7, 11) is 0. The van der Waals surface area contributed by atoms with E-state index in [0.29, 0.717) is 5.58 Å². The maximum atomic E-state index is 12.6. The number of benzene rings is 1. The SMILES string of the molecule is Cc1cc(Br)cc2cc(C(=O)N(CCC(=O)O)C(C)C)oc12. The Morgan fingerprint density at radius 3 is 2.59 bits per heavy atom. The molecule has 2 aromatic rings. The first kappa shape index (κ1) is 16.5. The minimum Gasteiger partial charge on any atom is -0.481 e. The third-order valence-electron chi connectivity index (χ3n) is 3.43. The third kappa shape index (κ3) is 3.50. The number of rotatable bonds is 5. The first-order valence-electron chi connectivity index (χ1n) is 7.02. The van der Waals surface area contributed by atoms with E-state index < -0.39 is 5.97 Å². The van der Waals surface area contributed by atoms with Gasteiger partial charge in [-0.2, -0.15) is 0 Å². The van der Waals surface area contributed by atoms with Crippen LogP contribution in [0.1, 0.15) is 36.4 Å². The zero-order chi connectivity index (χ0) is 16.4. The number of carboxylic acids is 1. The Morgan fingerprint density at radius 2 is 2.00 bits per heavy atom. The van der Waals surface area contributed by atoms with Crippen molar-refractivity contribution in [3.05, 3.63) is 34.0 Å². The molecule has 1 N–H and O–H groups in total. The number of carboxylic acid groups (broad SMARTS) is 1. The summed E-state index contributed by atoms with van der Waals surface area (Å²) >= 11 is 3.42. The molecule has 0 radical (unpaired) electrons. The van der Waals surface area contributed by atoms with Gasteiger partial charge in [0.1, 0.15) is 5.58 Å². The van der Waals surface area contributed by atoms with E-state index in [2.05, 4.69) is 15.9 Å². The Labute approximate surface area is 137 Å². The van der Waals surface area contributed by atoms with Gasteiger partial charge in [0.25, 0.3) is 5.91 Å². The number of amides is 1. The fourth-order valence-electron chi connectivity index (χ4n) is 2.34. The van der Waals surface area contributed by atoms with Gasteiger partial charge in [-0.25, -0.2) is 0 Å². The maximum Gasteiger partial charge on any atom is 0.305 e. The second-order valence-corrected chi connectivity index (χ2v) is 6.40. The van der Waals surface area contributed by atoms with Crippen LogP contribution in [0.4, 0.5) is 0 Å². The zero-order valence-electron chi connectivity index (χ0n) is 12.7. The van der Waals surface area contributed by atoms with Gasteiger partial charge in [0, 0.05) is 22.4 Å². The molecule has 2 rings (SSSR count). The van der Waals surface area contributed by atoms with E-state index in [9.17, 15) is 9.59 Å². The first-order valence-corrected chi connectivity index (χ1v) is 7.81. The molecule has 118 valence electrons. The molecule has 0 saturated heterocycles. The Morgan fingerprint density at radius 1 is 1.32 bits per heavy atom. The van der Waals surface area contributed by atoms with Crippen molar-refractivity contribution in [3.8, 4) is 0 Å². The molecule has 1 amide bonds. The number of aryl methyl sites for hydroxylation is 1. The minimum absolute atomic E-state index is 0.0886. The third-order valence-corrected chi connectivity index (χ3v) is 3.89. The molecule has 0 spiro atoms. The second-order valence-electron chi connectivity index (χ2n) is 5.49. The Kier molecular flexibility index (Phi) is 4.90. The first-order chi connectivity index (χ1) is 10.3. The maximum absolute atomic E-state index is 12.6. The van der Waals surface area contributed by atoms with Crippen molar-refractivity contribution in [2.75, 3.05) is 6.54 Å². The monoisotopic (exact) mass is 367 g/mol. The molecule has 0 aliphatic rings. The fourth-order valence-corrected chi connectivity index (χ4v) is 2.93. The summed E-state index contributed by atoms with van der Waals surface area (Å²) < 4.78 is 6.61. The fraction of sp³-hybridized carbons (Fsp3) is 0.375. The minimum atomic E-state index is -0.928. The molecule has 1 aromatic carbocycles. The largest absolute Gasteiger partial charge is 0.481 e. The lowest BCUT2D eigenvalue weighted by Gasteiger charge is -2.25. The van der Waals surface area contributed by atoms with E-state index >= 15 is 0 Å². The Bertz CT molecular complexity index is 720. The number of halogens is 1. The van der Waals surface area contributed by atoms with Crippen molar-refractivity contribution in [2.24, 2.45) is 0 Å². The van der Waals surface area contributed by atoms with Crippen molar-refractivity contribution in [1.82, 2.24) is 4.90 Å². The van der Waals surface area contributed by atoms with Gasteiger partial charge in [0.05, 0.1) is 6.42 Å². The summed E-state index contributed by atoms with van der Waals surface area (Å²) in [6.07, 6.45) is -0.0886. The molecule has 0 saturated carbocycles. The van der Waals surface area contributed by atoms with Crippen LogP contribution in [-0.4, -0.2) is 34.5 Å². The summed E-state index contributed by atoms with van der Waals surface area (Å²) in [6.45, 7) is 5.77. The van der Waals surface area contributed by atoms with Gasteiger partial charge in [-0.15, -0.1) is 0 Å². The number of furan rings is 1. The van der Waals surface area contributed by atoms with Crippen molar-refractivity contribution < 1.29 is 19.1 Å². The summed E-state index contributed by atoms with van der Waals surface area (Å²) in [4.78, 5) is 24.8. The molecule has 22 heavy (non-hydrogen) atoms. The zero-order valence-corrected chi connectivity index (χ0v) is 14.3. The number of carbonyl (C=O) groups is 2. The van der Waals surface area contributed by atoms with Crippen LogP contribution in [0.15, 0.2) is 27.1 Å². The van der Waals surface area contributed by atoms with Gasteiger partial charge in [0.15, 0.2) is 5.76 Å². The molecule has 1 aromatic heterocycles. The number of nitrogens with zero attached hydrogens (tertiary/aromatic N) is 1. The molecular formula is C16H18BrNO4. The highest BCUT2D eigenvalue weighted by Gasteiger charge is 2.23. The predicted octanol–water partition coefficient (Wildman–Crippen LogP) is 3.83. The Balaban J connectivity index is 2.34. The number of hydrogen-bond donors (Lipinski definition) is 1. The number of aliphatic carboxylic acids is 1. The van der Waals surface area contributed by atoms with Crippen molar-refractivity contribution >= 4 is 38.8 Å². The average Bonchev–Trinajstić information content (AvgIpc) is 2.82. The summed E-state index contributed by atoms with van der Waals surface area (Å²) in [5.41, 5.74) is 1.61. The molecule has 1 heterocycles. The highest BCUT2D eigenvalue weighted by Crippen LogP contribution is 2.27. The van der Waals surface area contributed by atoms with Gasteiger partial charge in [0.2, 0.25) is 0 Å². The molecule has 0 atom stereocenters. The Hall–Kier alpha value is -1.82. The van der Waals surface area contributed by atoms with Crippen LogP contribution in [0, 0.1) is 6.92 Å². The van der Waals surface area contributed by atoms with Gasteiger partial charge in [-0.3, -0.25) is 9.59 Å². The van der Waals surface area contributed by atoms with Gasteiger partial charge < -0.3 is 14.4 Å². The standard InChI is InChI=1S/C16H18BrNO4/c1-9(2)18(5-4-14(19)20)16(21)13-8-11-7-12(17)6-10(3)15(11)22-13/h6-9H,4-5H2,1-3H3,(H,19,20). The normalized spacial score (nSPS) is 11.1. The predicted molar refractivity (Wildman–Crippen MR) is 87.1 cm³/mol. The van der Waals surface area contributed by atoms with Crippen LogP contribution < -0.4 is 0 Å². The molecule has 5 nitrogen and oxygen atoms in total. The smallest absolute Gasteiger partial charge is 0.305 e. The van der Waals surface area contributed by atoms with E-state index in [0.717, 1.165) is 15.4 Å². The van der Waals surface area contributed by atoms with Crippen LogP contribution in [0.5, 0.6) is 0 Å². The van der Waals surface area contributed by atoms with E-state index in [1.54, 1.807) is 6.07 Å². The molecule has 0 bridgehead atoms. The van der Waals surface area contributed by atoms with E-state index in [1.807, 2.05) is 32.9 Å². The topological polar surface area (TPSA) is 70.8 Å². The van der Waals surface area contributed by atoms with E-state index in [4.69, 9.17) is 9.52 Å². The van der Waals surface area contributed by atoms with Crippen LogP contribution in [0.25, 0.3) is 11.0 Å². The van der Waals surface area contributed by atoms with Crippen molar-refractivity contribution in [3.63, 3.8) is 0 Å².